The monoisotopic (exact) mass is 395 g/mol. The third kappa shape index (κ3) is 3.64. The topological polar surface area (TPSA) is 77.2 Å². The van der Waals surface area contributed by atoms with Crippen molar-refractivity contribution in [1.29, 1.82) is 0 Å². The van der Waals surface area contributed by atoms with E-state index in [1.165, 1.54) is 12.3 Å². The van der Waals surface area contributed by atoms with Crippen LogP contribution in [0.25, 0.3) is 0 Å². The average molecular weight is 395 g/mol. The molecule has 144 valence electrons. The maximum atomic E-state index is 13.3. The Kier molecular flexibility index (Phi) is 4.89. The molecule has 5 nitrogen and oxygen atoms in total. The number of ketones is 1. The fourth-order valence-electron chi connectivity index (χ4n) is 3.33. The summed E-state index contributed by atoms with van der Waals surface area (Å²) in [5, 5.41) is 4.02. The molecule has 0 saturated heterocycles. The maximum absolute atomic E-state index is 13.3. The van der Waals surface area contributed by atoms with Gasteiger partial charge < -0.3 is 4.52 Å². The lowest BCUT2D eigenvalue weighted by Gasteiger charge is -2.12. The molecule has 0 amide bonds. The van der Waals surface area contributed by atoms with Gasteiger partial charge in [0.05, 0.1) is 21.9 Å². The number of carbonyl (C=O) groups excluding carboxylic acids is 1. The zero-order valence-corrected chi connectivity index (χ0v) is 16.4. The molecule has 1 aliphatic carbocycles. The first-order valence-corrected chi connectivity index (χ1v) is 11.0. The van der Waals surface area contributed by atoms with Crippen molar-refractivity contribution in [1.82, 2.24) is 5.16 Å². The number of carbonyl (C=O) groups is 1. The van der Waals surface area contributed by atoms with Crippen molar-refractivity contribution in [3.8, 4) is 0 Å². The summed E-state index contributed by atoms with van der Waals surface area (Å²) in [5.41, 5.74) is 3.37. The summed E-state index contributed by atoms with van der Waals surface area (Å²) in [5.74, 6) is 0.132. The highest BCUT2D eigenvalue weighted by molar-refractivity contribution is 7.91. The van der Waals surface area contributed by atoms with E-state index in [1.54, 1.807) is 19.1 Å². The van der Waals surface area contributed by atoms with Crippen molar-refractivity contribution in [2.75, 3.05) is 5.75 Å². The van der Waals surface area contributed by atoms with Gasteiger partial charge in [-0.15, -0.1) is 0 Å². The summed E-state index contributed by atoms with van der Waals surface area (Å²) in [4.78, 5) is 13.5. The average Bonchev–Trinajstić information content (AvgIpc) is 3.44. The molecule has 0 bridgehead atoms. The summed E-state index contributed by atoms with van der Waals surface area (Å²) in [6.45, 7) is 1.62. The Labute approximate surface area is 164 Å². The summed E-state index contributed by atoms with van der Waals surface area (Å²) in [6, 6.07) is 14.5. The minimum atomic E-state index is -3.36. The highest BCUT2D eigenvalue weighted by atomic mass is 32.2. The second-order valence-electron chi connectivity index (χ2n) is 7.10. The second-order valence-corrected chi connectivity index (χ2v) is 9.38. The molecule has 1 aromatic heterocycles. The molecule has 6 heteroatoms. The molecule has 1 aliphatic rings. The highest BCUT2D eigenvalue weighted by Gasteiger charge is 2.32. The summed E-state index contributed by atoms with van der Waals surface area (Å²) >= 11 is 0. The molecule has 3 aromatic rings. The van der Waals surface area contributed by atoms with E-state index >= 15 is 0 Å². The van der Waals surface area contributed by atoms with Crippen LogP contribution in [0.2, 0.25) is 0 Å². The third-order valence-corrected chi connectivity index (χ3v) is 6.84. The largest absolute Gasteiger partial charge is 0.364 e. The zero-order chi connectivity index (χ0) is 19.7. The fourth-order valence-corrected chi connectivity index (χ4v) is 4.26. The van der Waals surface area contributed by atoms with Crippen LogP contribution in [0.5, 0.6) is 0 Å². The Balaban J connectivity index is 1.79. The normalized spacial score (nSPS) is 14.2. The molecular formula is C22H21NO4S. The van der Waals surface area contributed by atoms with E-state index < -0.39 is 9.84 Å². The van der Waals surface area contributed by atoms with Gasteiger partial charge >= 0.3 is 0 Å². The van der Waals surface area contributed by atoms with Crippen molar-refractivity contribution in [2.24, 2.45) is 0 Å². The molecule has 2 aromatic carbocycles. The Morgan fingerprint density at radius 2 is 1.86 bits per heavy atom. The van der Waals surface area contributed by atoms with Gasteiger partial charge in [0.1, 0.15) is 6.26 Å². The van der Waals surface area contributed by atoms with Crippen molar-refractivity contribution in [2.45, 2.75) is 37.0 Å². The summed E-state index contributed by atoms with van der Waals surface area (Å²) in [7, 11) is -3.36. The Bertz CT molecular complexity index is 1110. The summed E-state index contributed by atoms with van der Waals surface area (Å²) < 4.78 is 29.8. The highest BCUT2D eigenvalue weighted by Crippen LogP contribution is 2.41. The van der Waals surface area contributed by atoms with Crippen molar-refractivity contribution < 1.29 is 17.7 Å². The fraction of sp³-hybridized carbons (Fsp3) is 0.273. The lowest BCUT2D eigenvalue weighted by molar-refractivity contribution is 0.103. The Morgan fingerprint density at radius 3 is 2.54 bits per heavy atom. The van der Waals surface area contributed by atoms with E-state index in [9.17, 15) is 13.2 Å². The maximum Gasteiger partial charge on any atom is 0.198 e. The van der Waals surface area contributed by atoms with Crippen LogP contribution < -0.4 is 0 Å². The second kappa shape index (κ2) is 7.36. The molecule has 1 heterocycles. The number of benzene rings is 2. The van der Waals surface area contributed by atoms with Crippen molar-refractivity contribution >= 4 is 15.6 Å². The molecule has 0 radical (unpaired) electrons. The van der Waals surface area contributed by atoms with E-state index in [-0.39, 0.29) is 22.3 Å². The van der Waals surface area contributed by atoms with Gasteiger partial charge in [0.25, 0.3) is 0 Å². The van der Waals surface area contributed by atoms with Gasteiger partial charge in [-0.25, -0.2) is 8.42 Å². The molecule has 0 atom stereocenters. The lowest BCUT2D eigenvalue weighted by atomic mass is 9.94. The van der Waals surface area contributed by atoms with Crippen LogP contribution in [0, 0.1) is 0 Å². The Hall–Kier alpha value is -2.73. The Morgan fingerprint density at radius 1 is 1.11 bits per heavy atom. The molecule has 0 spiro atoms. The molecule has 0 unspecified atom stereocenters. The molecule has 0 aliphatic heterocycles. The van der Waals surface area contributed by atoms with Crippen LogP contribution in [0.4, 0.5) is 0 Å². The van der Waals surface area contributed by atoms with Crippen LogP contribution in [0.15, 0.2) is 64.2 Å². The molecule has 28 heavy (non-hydrogen) atoms. The first-order chi connectivity index (χ1) is 13.5. The van der Waals surface area contributed by atoms with Gasteiger partial charge in [0.2, 0.25) is 0 Å². The van der Waals surface area contributed by atoms with Crippen molar-refractivity contribution in [3.63, 3.8) is 0 Å². The predicted molar refractivity (Wildman–Crippen MR) is 105 cm³/mol. The van der Waals surface area contributed by atoms with Gasteiger partial charge in [-0.05, 0) is 48.6 Å². The molecular weight excluding hydrogens is 374 g/mol. The lowest BCUT2D eigenvalue weighted by Crippen LogP contribution is -2.10. The third-order valence-electron chi connectivity index (χ3n) is 5.10. The molecule has 0 N–H and O–H groups in total. The quantitative estimate of drug-likeness (QED) is 0.561. The first-order valence-electron chi connectivity index (χ1n) is 9.38. The minimum Gasteiger partial charge on any atom is -0.364 e. The SMILES string of the molecule is CCS(=O)(=O)c1ccc(C(=O)c2conc2C2CC2)c(Cc2ccccc2)c1. The number of aromatic nitrogens is 1. The zero-order valence-electron chi connectivity index (χ0n) is 15.6. The van der Waals surface area contributed by atoms with Gasteiger partial charge in [0, 0.05) is 11.5 Å². The number of nitrogens with zero attached hydrogens (tertiary/aromatic N) is 1. The predicted octanol–water partition coefficient (Wildman–Crippen LogP) is 4.17. The van der Waals surface area contributed by atoms with E-state index in [0.29, 0.717) is 28.8 Å². The number of hydrogen-bond acceptors (Lipinski definition) is 5. The van der Waals surface area contributed by atoms with Crippen molar-refractivity contribution in [3.05, 3.63) is 82.7 Å². The van der Waals surface area contributed by atoms with E-state index in [0.717, 1.165) is 18.4 Å². The van der Waals surface area contributed by atoms with Gasteiger partial charge in [0.15, 0.2) is 15.6 Å². The minimum absolute atomic E-state index is 0.0164. The molecule has 1 fully saturated rings. The standard InChI is InChI=1S/C22H21NO4S/c1-2-28(25,26)18-10-11-19(17(13-18)12-15-6-4-3-5-7-15)22(24)20-14-27-23-21(20)16-8-9-16/h3-7,10-11,13-14,16H,2,8-9,12H2,1H3. The van der Waals surface area contributed by atoms with Crippen LogP contribution in [-0.4, -0.2) is 25.1 Å². The first kappa shape index (κ1) is 18.6. The van der Waals surface area contributed by atoms with E-state index in [2.05, 4.69) is 5.16 Å². The number of rotatable bonds is 7. The molecule has 1 saturated carbocycles. The van der Waals surface area contributed by atoms with E-state index in [4.69, 9.17) is 4.52 Å². The van der Waals surface area contributed by atoms with Crippen LogP contribution >= 0.6 is 0 Å². The van der Waals surface area contributed by atoms with Crippen LogP contribution in [0.3, 0.4) is 0 Å². The van der Waals surface area contributed by atoms with Gasteiger partial charge in [-0.3, -0.25) is 4.79 Å². The number of hydrogen-bond donors (Lipinski definition) is 0. The van der Waals surface area contributed by atoms with E-state index in [1.807, 2.05) is 30.3 Å². The molecule has 4 rings (SSSR count). The smallest absolute Gasteiger partial charge is 0.198 e. The van der Waals surface area contributed by atoms with Gasteiger partial charge in [-0.2, -0.15) is 0 Å². The summed E-state index contributed by atoms with van der Waals surface area (Å²) in [6.07, 6.45) is 3.90. The van der Waals surface area contributed by atoms with Crippen LogP contribution in [0.1, 0.15) is 58.4 Å². The number of sulfone groups is 1. The van der Waals surface area contributed by atoms with Crippen LogP contribution in [-0.2, 0) is 16.3 Å². The van der Waals surface area contributed by atoms with Gasteiger partial charge in [-0.1, -0.05) is 42.4 Å².